The van der Waals surface area contributed by atoms with E-state index < -0.39 is 0 Å². The van der Waals surface area contributed by atoms with Crippen molar-refractivity contribution < 1.29 is 4.79 Å². The maximum Gasteiger partial charge on any atom is 0.257 e. The third-order valence-corrected chi connectivity index (χ3v) is 4.61. The molecule has 1 saturated carbocycles. The first-order valence-corrected chi connectivity index (χ1v) is 8.78. The van der Waals surface area contributed by atoms with Crippen LogP contribution in [0.1, 0.15) is 42.5 Å². The van der Waals surface area contributed by atoms with E-state index >= 15 is 0 Å². The van der Waals surface area contributed by atoms with Crippen LogP contribution in [0.25, 0.3) is 0 Å². The molecule has 1 heterocycles. The number of hydrogen-bond donors (Lipinski definition) is 2. The minimum absolute atomic E-state index is 0.146. The molecule has 120 valence electrons. The Kier molecular flexibility index (Phi) is 5.28. The highest BCUT2D eigenvalue weighted by Crippen LogP contribution is 2.22. The second kappa shape index (κ2) is 7.59. The van der Waals surface area contributed by atoms with Gasteiger partial charge in [-0.1, -0.05) is 35.2 Å². The Morgan fingerprint density at radius 3 is 2.52 bits per heavy atom. The summed E-state index contributed by atoms with van der Waals surface area (Å²) in [7, 11) is 0. The van der Waals surface area contributed by atoms with E-state index in [4.69, 9.17) is 0 Å². The molecule has 1 aromatic carbocycles. The summed E-state index contributed by atoms with van der Waals surface area (Å²) in [5, 5.41) is 6.39. The number of rotatable bonds is 4. The number of halogens is 1. The monoisotopic (exact) mass is 373 g/mol. The van der Waals surface area contributed by atoms with Crippen LogP contribution in [-0.2, 0) is 0 Å². The fraction of sp³-hybridized carbons (Fsp3) is 0.333. The highest BCUT2D eigenvalue weighted by molar-refractivity contribution is 9.10. The second-order valence-electron chi connectivity index (χ2n) is 5.90. The van der Waals surface area contributed by atoms with Crippen LogP contribution in [0.15, 0.2) is 47.2 Å². The molecule has 2 aromatic rings. The summed E-state index contributed by atoms with van der Waals surface area (Å²) >= 11 is 3.38. The van der Waals surface area contributed by atoms with Gasteiger partial charge in [0, 0.05) is 28.6 Å². The SMILES string of the molecule is O=C(Nc1ccc(Br)cc1)c1cncc(NC2CCCCC2)c1. The summed E-state index contributed by atoms with van der Waals surface area (Å²) in [4.78, 5) is 16.5. The number of aromatic nitrogens is 1. The Balaban J connectivity index is 1.66. The van der Waals surface area contributed by atoms with Crippen LogP contribution in [0.2, 0.25) is 0 Å². The van der Waals surface area contributed by atoms with Crippen molar-refractivity contribution in [1.82, 2.24) is 4.98 Å². The number of carbonyl (C=O) groups excluding carboxylic acids is 1. The third kappa shape index (κ3) is 4.55. The molecular formula is C18H20BrN3O. The lowest BCUT2D eigenvalue weighted by molar-refractivity contribution is 0.102. The molecule has 5 heteroatoms. The smallest absolute Gasteiger partial charge is 0.257 e. The molecule has 0 aliphatic heterocycles. The Morgan fingerprint density at radius 2 is 1.78 bits per heavy atom. The zero-order valence-electron chi connectivity index (χ0n) is 12.9. The van der Waals surface area contributed by atoms with E-state index in [1.54, 1.807) is 12.4 Å². The molecule has 2 N–H and O–H groups in total. The van der Waals surface area contributed by atoms with Crippen molar-refractivity contribution in [2.45, 2.75) is 38.1 Å². The number of nitrogens with one attached hydrogen (secondary N) is 2. The van der Waals surface area contributed by atoms with Crippen molar-refractivity contribution in [3.8, 4) is 0 Å². The minimum Gasteiger partial charge on any atom is -0.381 e. The lowest BCUT2D eigenvalue weighted by Gasteiger charge is -2.23. The van der Waals surface area contributed by atoms with E-state index in [-0.39, 0.29) is 5.91 Å². The van der Waals surface area contributed by atoms with Crippen molar-refractivity contribution in [3.05, 3.63) is 52.8 Å². The van der Waals surface area contributed by atoms with Gasteiger partial charge < -0.3 is 10.6 Å². The van der Waals surface area contributed by atoms with Crippen LogP contribution in [0, 0.1) is 0 Å². The summed E-state index contributed by atoms with van der Waals surface area (Å²) in [5.41, 5.74) is 2.25. The Labute approximate surface area is 144 Å². The molecule has 0 atom stereocenters. The summed E-state index contributed by atoms with van der Waals surface area (Å²) < 4.78 is 0.982. The predicted octanol–water partition coefficient (Wildman–Crippen LogP) is 4.84. The van der Waals surface area contributed by atoms with E-state index in [0.717, 1.165) is 15.8 Å². The number of anilines is 2. The van der Waals surface area contributed by atoms with E-state index in [0.29, 0.717) is 11.6 Å². The largest absolute Gasteiger partial charge is 0.381 e. The number of carbonyl (C=O) groups is 1. The molecule has 0 bridgehead atoms. The molecule has 0 saturated heterocycles. The average molecular weight is 374 g/mol. The Hall–Kier alpha value is -1.88. The second-order valence-corrected chi connectivity index (χ2v) is 6.82. The molecular weight excluding hydrogens is 354 g/mol. The number of nitrogens with zero attached hydrogens (tertiary/aromatic N) is 1. The minimum atomic E-state index is -0.146. The first-order valence-electron chi connectivity index (χ1n) is 7.99. The third-order valence-electron chi connectivity index (χ3n) is 4.08. The molecule has 4 nitrogen and oxygen atoms in total. The fourth-order valence-electron chi connectivity index (χ4n) is 2.86. The normalized spacial score (nSPS) is 15.2. The van der Waals surface area contributed by atoms with Gasteiger partial charge in [0.05, 0.1) is 11.3 Å². The molecule has 3 rings (SSSR count). The zero-order valence-corrected chi connectivity index (χ0v) is 14.5. The van der Waals surface area contributed by atoms with E-state index in [9.17, 15) is 4.79 Å². The highest BCUT2D eigenvalue weighted by atomic mass is 79.9. The van der Waals surface area contributed by atoms with Crippen molar-refractivity contribution in [2.24, 2.45) is 0 Å². The van der Waals surface area contributed by atoms with Gasteiger partial charge >= 0.3 is 0 Å². The lowest BCUT2D eigenvalue weighted by atomic mass is 9.95. The highest BCUT2D eigenvalue weighted by Gasteiger charge is 2.14. The molecule has 1 fully saturated rings. The van der Waals surface area contributed by atoms with Crippen LogP contribution in [0.3, 0.4) is 0 Å². The quantitative estimate of drug-likeness (QED) is 0.805. The van der Waals surface area contributed by atoms with Crippen LogP contribution in [0.4, 0.5) is 11.4 Å². The van der Waals surface area contributed by atoms with E-state index in [1.807, 2.05) is 30.3 Å². The molecule has 23 heavy (non-hydrogen) atoms. The number of pyridine rings is 1. The van der Waals surface area contributed by atoms with Crippen molar-refractivity contribution >= 4 is 33.2 Å². The molecule has 1 amide bonds. The van der Waals surface area contributed by atoms with Crippen LogP contribution < -0.4 is 10.6 Å². The summed E-state index contributed by atoms with van der Waals surface area (Å²) in [6, 6.07) is 9.88. The van der Waals surface area contributed by atoms with Gasteiger partial charge in [0.15, 0.2) is 0 Å². The topological polar surface area (TPSA) is 54.0 Å². The molecule has 1 aromatic heterocycles. The van der Waals surface area contributed by atoms with Gasteiger partial charge in [-0.25, -0.2) is 0 Å². The first kappa shape index (κ1) is 16.0. The fourth-order valence-corrected chi connectivity index (χ4v) is 3.13. The van der Waals surface area contributed by atoms with Gasteiger partial charge in [0.25, 0.3) is 5.91 Å². The summed E-state index contributed by atoms with van der Waals surface area (Å²) in [5.74, 6) is -0.146. The summed E-state index contributed by atoms with van der Waals surface area (Å²) in [6.07, 6.45) is 9.63. The maximum absolute atomic E-state index is 12.4. The van der Waals surface area contributed by atoms with Gasteiger partial charge in [-0.05, 0) is 43.2 Å². The molecule has 0 unspecified atom stereocenters. The van der Waals surface area contributed by atoms with Gasteiger partial charge in [0.1, 0.15) is 0 Å². The van der Waals surface area contributed by atoms with Crippen LogP contribution in [0.5, 0.6) is 0 Å². The van der Waals surface area contributed by atoms with Gasteiger partial charge in [-0.3, -0.25) is 9.78 Å². The van der Waals surface area contributed by atoms with Gasteiger partial charge in [0.2, 0.25) is 0 Å². The van der Waals surface area contributed by atoms with Crippen molar-refractivity contribution in [2.75, 3.05) is 10.6 Å². The van der Waals surface area contributed by atoms with E-state index in [1.165, 1.54) is 32.1 Å². The Morgan fingerprint density at radius 1 is 1.04 bits per heavy atom. The predicted molar refractivity (Wildman–Crippen MR) is 96.8 cm³/mol. The Bertz CT molecular complexity index is 666. The molecule has 0 radical (unpaired) electrons. The maximum atomic E-state index is 12.4. The summed E-state index contributed by atoms with van der Waals surface area (Å²) in [6.45, 7) is 0. The zero-order chi connectivity index (χ0) is 16.1. The number of hydrogen-bond acceptors (Lipinski definition) is 3. The van der Waals surface area contributed by atoms with Crippen molar-refractivity contribution in [3.63, 3.8) is 0 Å². The molecule has 1 aliphatic carbocycles. The van der Waals surface area contributed by atoms with Gasteiger partial charge in [-0.15, -0.1) is 0 Å². The van der Waals surface area contributed by atoms with Gasteiger partial charge in [-0.2, -0.15) is 0 Å². The molecule has 0 spiro atoms. The number of benzene rings is 1. The first-order chi connectivity index (χ1) is 11.2. The average Bonchev–Trinajstić information content (AvgIpc) is 2.58. The van der Waals surface area contributed by atoms with Crippen molar-refractivity contribution in [1.29, 1.82) is 0 Å². The standard InChI is InChI=1S/C18H20BrN3O/c19-14-6-8-16(9-7-14)22-18(23)13-10-17(12-20-11-13)21-15-4-2-1-3-5-15/h6-12,15,21H,1-5H2,(H,22,23). The van der Waals surface area contributed by atoms with E-state index in [2.05, 4.69) is 31.5 Å². The molecule has 1 aliphatic rings. The number of amides is 1. The van der Waals surface area contributed by atoms with Crippen LogP contribution in [-0.4, -0.2) is 16.9 Å². The lowest BCUT2D eigenvalue weighted by Crippen LogP contribution is -2.22. The van der Waals surface area contributed by atoms with Crippen LogP contribution >= 0.6 is 15.9 Å².